The Morgan fingerprint density at radius 1 is 0.900 bits per heavy atom. The standard InChI is InChI=1S/C16H19N3O/c1-12(14-4-8-17-9-5-14)16(19-20-3)13(2)15-6-10-18-11-7-15/h4-13H,1-3H3. The Balaban J connectivity index is 2.30. The molecule has 4 nitrogen and oxygen atoms in total. The number of rotatable bonds is 5. The van der Waals surface area contributed by atoms with Crippen molar-refractivity contribution in [2.75, 3.05) is 7.11 Å². The average Bonchev–Trinajstić information content (AvgIpc) is 2.53. The zero-order chi connectivity index (χ0) is 14.4. The van der Waals surface area contributed by atoms with Crippen LogP contribution in [0.25, 0.3) is 0 Å². The van der Waals surface area contributed by atoms with Crippen LogP contribution < -0.4 is 0 Å². The van der Waals surface area contributed by atoms with Crippen LogP contribution in [0.5, 0.6) is 0 Å². The van der Waals surface area contributed by atoms with E-state index in [1.807, 2.05) is 24.3 Å². The highest BCUT2D eigenvalue weighted by molar-refractivity contribution is 5.95. The molecular formula is C16H19N3O. The fourth-order valence-corrected chi connectivity index (χ4v) is 2.28. The number of aromatic nitrogens is 2. The number of pyridine rings is 2. The van der Waals surface area contributed by atoms with Gasteiger partial charge < -0.3 is 4.84 Å². The zero-order valence-electron chi connectivity index (χ0n) is 12.0. The van der Waals surface area contributed by atoms with Crippen LogP contribution in [0.1, 0.15) is 36.8 Å². The monoisotopic (exact) mass is 269 g/mol. The summed E-state index contributed by atoms with van der Waals surface area (Å²) in [7, 11) is 1.58. The molecule has 0 aliphatic rings. The van der Waals surface area contributed by atoms with Crippen LogP contribution in [-0.2, 0) is 4.84 Å². The first kappa shape index (κ1) is 14.2. The van der Waals surface area contributed by atoms with Gasteiger partial charge in [0.15, 0.2) is 0 Å². The summed E-state index contributed by atoms with van der Waals surface area (Å²) in [5.74, 6) is 0.335. The minimum Gasteiger partial charge on any atom is -0.399 e. The van der Waals surface area contributed by atoms with E-state index in [2.05, 4.69) is 29.0 Å². The van der Waals surface area contributed by atoms with Crippen molar-refractivity contribution in [2.24, 2.45) is 5.16 Å². The molecule has 0 saturated carbocycles. The number of oxime groups is 1. The van der Waals surface area contributed by atoms with Crippen molar-refractivity contribution in [1.82, 2.24) is 9.97 Å². The summed E-state index contributed by atoms with van der Waals surface area (Å²) >= 11 is 0. The Bertz CT molecular complexity index is 507. The Kier molecular flexibility index (Phi) is 4.82. The van der Waals surface area contributed by atoms with Crippen LogP contribution in [0, 0.1) is 0 Å². The number of nitrogens with zero attached hydrogens (tertiary/aromatic N) is 3. The molecule has 20 heavy (non-hydrogen) atoms. The topological polar surface area (TPSA) is 47.4 Å². The molecule has 0 N–H and O–H groups in total. The maximum atomic E-state index is 5.05. The lowest BCUT2D eigenvalue weighted by Crippen LogP contribution is -2.17. The van der Waals surface area contributed by atoms with Gasteiger partial charge in [0.25, 0.3) is 0 Å². The van der Waals surface area contributed by atoms with Crippen LogP contribution in [0.2, 0.25) is 0 Å². The highest BCUT2D eigenvalue weighted by Crippen LogP contribution is 2.26. The molecule has 0 aromatic carbocycles. The second-order valence-electron chi connectivity index (χ2n) is 4.70. The maximum absolute atomic E-state index is 5.05. The summed E-state index contributed by atoms with van der Waals surface area (Å²) in [6.45, 7) is 4.26. The molecule has 0 aliphatic carbocycles. The molecule has 0 bridgehead atoms. The smallest absolute Gasteiger partial charge is 0.106 e. The molecule has 2 rings (SSSR count). The van der Waals surface area contributed by atoms with E-state index in [4.69, 9.17) is 4.84 Å². The van der Waals surface area contributed by atoms with Gasteiger partial charge in [-0.2, -0.15) is 0 Å². The molecular weight excluding hydrogens is 250 g/mol. The molecule has 2 atom stereocenters. The van der Waals surface area contributed by atoms with Gasteiger partial charge in [-0.05, 0) is 35.4 Å². The summed E-state index contributed by atoms with van der Waals surface area (Å²) in [5.41, 5.74) is 3.35. The minimum absolute atomic E-state index is 0.168. The lowest BCUT2D eigenvalue weighted by atomic mass is 9.86. The number of hydrogen-bond acceptors (Lipinski definition) is 4. The van der Waals surface area contributed by atoms with Crippen molar-refractivity contribution >= 4 is 5.71 Å². The third-order valence-corrected chi connectivity index (χ3v) is 3.50. The van der Waals surface area contributed by atoms with Crippen LogP contribution >= 0.6 is 0 Å². The Morgan fingerprint density at radius 2 is 1.30 bits per heavy atom. The fraction of sp³-hybridized carbons (Fsp3) is 0.312. The van der Waals surface area contributed by atoms with E-state index in [0.29, 0.717) is 0 Å². The van der Waals surface area contributed by atoms with E-state index < -0.39 is 0 Å². The second kappa shape index (κ2) is 6.80. The van der Waals surface area contributed by atoms with Crippen LogP contribution in [0.3, 0.4) is 0 Å². The summed E-state index contributed by atoms with van der Waals surface area (Å²) in [4.78, 5) is 13.2. The normalized spacial score (nSPS) is 13.3. The molecule has 2 unspecified atom stereocenters. The number of hydrogen-bond donors (Lipinski definition) is 0. The first-order valence-corrected chi connectivity index (χ1v) is 6.64. The molecule has 104 valence electrons. The molecule has 0 radical (unpaired) electrons. The van der Waals surface area contributed by atoms with E-state index in [0.717, 1.165) is 5.71 Å². The highest BCUT2D eigenvalue weighted by Gasteiger charge is 2.21. The van der Waals surface area contributed by atoms with Gasteiger partial charge in [-0.1, -0.05) is 19.0 Å². The first-order chi connectivity index (χ1) is 9.74. The van der Waals surface area contributed by atoms with Crippen molar-refractivity contribution in [3.05, 3.63) is 60.2 Å². The molecule has 4 heteroatoms. The van der Waals surface area contributed by atoms with Gasteiger partial charge >= 0.3 is 0 Å². The minimum atomic E-state index is 0.168. The lowest BCUT2D eigenvalue weighted by molar-refractivity contribution is 0.210. The Labute approximate surface area is 119 Å². The predicted molar refractivity (Wildman–Crippen MR) is 79.7 cm³/mol. The molecule has 2 heterocycles. The van der Waals surface area contributed by atoms with Crippen molar-refractivity contribution in [3.63, 3.8) is 0 Å². The van der Waals surface area contributed by atoms with E-state index in [9.17, 15) is 0 Å². The first-order valence-electron chi connectivity index (χ1n) is 6.64. The van der Waals surface area contributed by atoms with Crippen molar-refractivity contribution < 1.29 is 4.84 Å². The van der Waals surface area contributed by atoms with Crippen LogP contribution in [0.15, 0.2) is 54.2 Å². The van der Waals surface area contributed by atoms with Crippen molar-refractivity contribution in [3.8, 4) is 0 Å². The molecule has 0 amide bonds. The van der Waals surface area contributed by atoms with Gasteiger partial charge in [0.2, 0.25) is 0 Å². The molecule has 0 fully saturated rings. The fourth-order valence-electron chi connectivity index (χ4n) is 2.28. The summed E-state index contributed by atoms with van der Waals surface area (Å²) in [5, 5.41) is 4.25. The van der Waals surface area contributed by atoms with Crippen molar-refractivity contribution in [1.29, 1.82) is 0 Å². The molecule has 2 aromatic heterocycles. The highest BCUT2D eigenvalue weighted by atomic mass is 16.6. The van der Waals surface area contributed by atoms with Crippen LogP contribution in [0.4, 0.5) is 0 Å². The third-order valence-electron chi connectivity index (χ3n) is 3.50. The van der Waals surface area contributed by atoms with E-state index in [-0.39, 0.29) is 11.8 Å². The lowest BCUT2D eigenvalue weighted by Gasteiger charge is -2.20. The van der Waals surface area contributed by atoms with E-state index >= 15 is 0 Å². The van der Waals surface area contributed by atoms with E-state index in [1.165, 1.54) is 11.1 Å². The molecule has 0 saturated heterocycles. The summed E-state index contributed by atoms with van der Waals surface area (Å²) in [6.07, 6.45) is 7.20. The van der Waals surface area contributed by atoms with Crippen molar-refractivity contribution in [2.45, 2.75) is 25.7 Å². The zero-order valence-corrected chi connectivity index (χ0v) is 12.0. The van der Waals surface area contributed by atoms with Crippen LogP contribution in [-0.4, -0.2) is 22.8 Å². The Hall–Kier alpha value is -2.23. The second-order valence-corrected chi connectivity index (χ2v) is 4.70. The van der Waals surface area contributed by atoms with Gasteiger partial charge in [-0.25, -0.2) is 0 Å². The molecule has 0 aliphatic heterocycles. The van der Waals surface area contributed by atoms with Gasteiger partial charge in [-0.3, -0.25) is 9.97 Å². The molecule has 2 aromatic rings. The quantitative estimate of drug-likeness (QED) is 0.617. The van der Waals surface area contributed by atoms with Gasteiger partial charge in [0.05, 0.1) is 5.71 Å². The molecule has 0 spiro atoms. The summed E-state index contributed by atoms with van der Waals surface area (Å²) < 4.78 is 0. The van der Waals surface area contributed by atoms with E-state index in [1.54, 1.807) is 31.9 Å². The SMILES string of the molecule is CON=C(C(C)c1ccncc1)C(C)c1ccncc1. The van der Waals surface area contributed by atoms with Gasteiger partial charge in [0, 0.05) is 36.6 Å². The maximum Gasteiger partial charge on any atom is 0.106 e. The van der Waals surface area contributed by atoms with Gasteiger partial charge in [-0.15, -0.1) is 0 Å². The Morgan fingerprint density at radius 3 is 1.65 bits per heavy atom. The van der Waals surface area contributed by atoms with Gasteiger partial charge in [0.1, 0.15) is 7.11 Å². The average molecular weight is 269 g/mol. The third kappa shape index (κ3) is 3.20. The predicted octanol–water partition coefficient (Wildman–Crippen LogP) is 3.39. The summed E-state index contributed by atoms with van der Waals surface area (Å²) in [6, 6.07) is 8.04. The largest absolute Gasteiger partial charge is 0.399 e.